The number of hydrogen-bond donors (Lipinski definition) is 1. The molecule has 1 heterocycles. The molecule has 4 nitrogen and oxygen atoms in total. The van der Waals surface area contributed by atoms with Crippen LogP contribution in [-0.2, 0) is 6.61 Å². The number of amides is 1. The van der Waals surface area contributed by atoms with Crippen LogP contribution in [0.1, 0.15) is 15.2 Å². The Morgan fingerprint density at radius 3 is 2.59 bits per heavy atom. The molecule has 0 spiro atoms. The number of para-hydroxylation sites is 1. The Hall–Kier alpha value is -2.64. The van der Waals surface area contributed by atoms with E-state index >= 15 is 0 Å². The van der Waals surface area contributed by atoms with Gasteiger partial charge in [0.1, 0.15) is 18.1 Å². The van der Waals surface area contributed by atoms with Crippen LogP contribution >= 0.6 is 22.9 Å². The maximum atomic E-state index is 12.3. The third-order valence-electron chi connectivity index (χ3n) is 3.45. The smallest absolute Gasteiger partial charge is 0.387 e. The van der Waals surface area contributed by atoms with E-state index in [1.807, 2.05) is 17.5 Å². The minimum atomic E-state index is -2.89. The zero-order chi connectivity index (χ0) is 19.2. The van der Waals surface area contributed by atoms with E-state index < -0.39 is 6.61 Å². The molecular weight excluding hydrogens is 396 g/mol. The second-order valence-corrected chi connectivity index (χ2v) is 6.71. The Morgan fingerprint density at radius 1 is 1.15 bits per heavy atom. The van der Waals surface area contributed by atoms with Gasteiger partial charge in [-0.15, -0.1) is 11.3 Å². The molecule has 0 unspecified atom stereocenters. The Bertz CT molecular complexity index is 915. The molecule has 0 saturated heterocycles. The van der Waals surface area contributed by atoms with Gasteiger partial charge >= 0.3 is 6.61 Å². The van der Waals surface area contributed by atoms with E-state index in [-0.39, 0.29) is 18.3 Å². The minimum absolute atomic E-state index is 0.0260. The van der Waals surface area contributed by atoms with Crippen LogP contribution < -0.4 is 14.8 Å². The highest BCUT2D eigenvalue weighted by atomic mass is 35.5. The van der Waals surface area contributed by atoms with Crippen LogP contribution in [0.3, 0.4) is 0 Å². The lowest BCUT2D eigenvalue weighted by Gasteiger charge is -2.07. The van der Waals surface area contributed by atoms with Gasteiger partial charge in [-0.1, -0.05) is 23.7 Å². The van der Waals surface area contributed by atoms with E-state index in [1.54, 1.807) is 18.2 Å². The summed E-state index contributed by atoms with van der Waals surface area (Å²) in [4.78, 5) is 12.8. The topological polar surface area (TPSA) is 47.6 Å². The number of ether oxygens (including phenoxy) is 2. The van der Waals surface area contributed by atoms with Gasteiger partial charge in [0, 0.05) is 11.3 Å². The largest absolute Gasteiger partial charge is 0.487 e. The van der Waals surface area contributed by atoms with Crippen molar-refractivity contribution in [3.8, 4) is 11.5 Å². The Morgan fingerprint density at radius 2 is 1.89 bits per heavy atom. The quantitative estimate of drug-likeness (QED) is 0.533. The molecule has 0 saturated carbocycles. The van der Waals surface area contributed by atoms with Crippen molar-refractivity contribution in [3.05, 3.63) is 75.4 Å². The molecule has 0 aliphatic carbocycles. The summed E-state index contributed by atoms with van der Waals surface area (Å²) in [6.45, 7) is -2.60. The molecule has 0 atom stereocenters. The highest BCUT2D eigenvalue weighted by Gasteiger charge is 2.11. The van der Waals surface area contributed by atoms with Gasteiger partial charge in [-0.25, -0.2) is 0 Å². The van der Waals surface area contributed by atoms with E-state index in [0.717, 1.165) is 5.56 Å². The molecular formula is C19H14ClF2NO3S. The van der Waals surface area contributed by atoms with Crippen molar-refractivity contribution in [3.63, 3.8) is 0 Å². The second kappa shape index (κ2) is 8.83. The van der Waals surface area contributed by atoms with Gasteiger partial charge in [-0.2, -0.15) is 8.78 Å². The number of alkyl halides is 2. The van der Waals surface area contributed by atoms with Crippen LogP contribution in [0.4, 0.5) is 14.5 Å². The first-order valence-electron chi connectivity index (χ1n) is 7.82. The maximum Gasteiger partial charge on any atom is 0.387 e. The number of halogens is 3. The molecule has 0 bridgehead atoms. The lowest BCUT2D eigenvalue weighted by atomic mass is 10.3. The Balaban J connectivity index is 1.57. The highest BCUT2D eigenvalue weighted by molar-refractivity contribution is 7.12. The van der Waals surface area contributed by atoms with Crippen molar-refractivity contribution >= 4 is 34.5 Å². The van der Waals surface area contributed by atoms with E-state index in [2.05, 4.69) is 10.1 Å². The summed E-state index contributed by atoms with van der Waals surface area (Å²) in [6.07, 6.45) is 0. The summed E-state index contributed by atoms with van der Waals surface area (Å²) < 4.78 is 34.2. The van der Waals surface area contributed by atoms with Gasteiger partial charge in [-0.3, -0.25) is 4.79 Å². The molecule has 3 aromatic rings. The van der Waals surface area contributed by atoms with Gasteiger partial charge in [0.15, 0.2) is 0 Å². The fraction of sp³-hybridized carbons (Fsp3) is 0.105. The molecule has 0 radical (unpaired) electrons. The van der Waals surface area contributed by atoms with Gasteiger partial charge in [0.25, 0.3) is 5.91 Å². The van der Waals surface area contributed by atoms with E-state index in [9.17, 15) is 13.6 Å². The Labute approximate surface area is 163 Å². The van der Waals surface area contributed by atoms with Crippen molar-refractivity contribution in [1.82, 2.24) is 0 Å². The molecule has 1 aromatic heterocycles. The van der Waals surface area contributed by atoms with Crippen molar-refractivity contribution < 1.29 is 23.0 Å². The van der Waals surface area contributed by atoms with Crippen molar-refractivity contribution in [2.45, 2.75) is 13.2 Å². The van der Waals surface area contributed by atoms with Gasteiger partial charge in [0.2, 0.25) is 0 Å². The van der Waals surface area contributed by atoms with Crippen molar-refractivity contribution in [2.75, 3.05) is 5.32 Å². The molecule has 1 N–H and O–H groups in total. The van der Waals surface area contributed by atoms with E-state index in [1.165, 1.54) is 35.6 Å². The van der Waals surface area contributed by atoms with Crippen LogP contribution in [0, 0.1) is 0 Å². The van der Waals surface area contributed by atoms with Gasteiger partial charge in [0.05, 0.1) is 9.90 Å². The second-order valence-electron chi connectivity index (χ2n) is 5.40. The monoisotopic (exact) mass is 409 g/mol. The molecule has 140 valence electrons. The molecule has 8 heteroatoms. The lowest BCUT2D eigenvalue weighted by Crippen LogP contribution is -2.10. The zero-order valence-electron chi connectivity index (χ0n) is 13.8. The summed E-state index contributed by atoms with van der Waals surface area (Å²) in [6, 6.07) is 14.6. The number of anilines is 1. The molecule has 27 heavy (non-hydrogen) atoms. The summed E-state index contributed by atoms with van der Waals surface area (Å²) in [7, 11) is 0. The lowest BCUT2D eigenvalue weighted by molar-refractivity contribution is -0.0498. The summed E-state index contributed by atoms with van der Waals surface area (Å²) in [5.74, 6) is 0.298. The average molecular weight is 410 g/mol. The third-order valence-corrected chi connectivity index (χ3v) is 4.74. The number of carbonyl (C=O) groups is 1. The molecule has 2 aromatic carbocycles. The predicted molar refractivity (Wildman–Crippen MR) is 101 cm³/mol. The van der Waals surface area contributed by atoms with Crippen LogP contribution in [-0.4, -0.2) is 12.5 Å². The molecule has 0 aliphatic heterocycles. The molecule has 3 rings (SSSR count). The van der Waals surface area contributed by atoms with Gasteiger partial charge in [-0.05, 0) is 47.8 Å². The van der Waals surface area contributed by atoms with E-state index in [0.29, 0.717) is 21.3 Å². The average Bonchev–Trinajstić information content (AvgIpc) is 3.11. The summed E-state index contributed by atoms with van der Waals surface area (Å²) >= 11 is 7.32. The predicted octanol–water partition coefficient (Wildman–Crippen LogP) is 5.83. The summed E-state index contributed by atoms with van der Waals surface area (Å²) in [5.41, 5.74) is 1.31. The Kier molecular flexibility index (Phi) is 6.26. The number of rotatable bonds is 7. The number of benzene rings is 2. The molecule has 1 amide bonds. The molecule has 0 fully saturated rings. The molecule has 0 aliphatic rings. The van der Waals surface area contributed by atoms with Crippen LogP contribution in [0.2, 0.25) is 5.02 Å². The standard InChI is InChI=1S/C19H14ClF2NO3S/c20-15-3-1-2-4-16(15)25-10-12-9-17(27-11-12)18(24)23-13-5-7-14(8-6-13)26-19(21)22/h1-9,11,19H,10H2,(H,23,24). The van der Waals surface area contributed by atoms with Crippen LogP contribution in [0.5, 0.6) is 11.5 Å². The highest BCUT2D eigenvalue weighted by Crippen LogP contribution is 2.25. The normalized spacial score (nSPS) is 10.7. The van der Waals surface area contributed by atoms with E-state index in [4.69, 9.17) is 16.3 Å². The first kappa shape index (κ1) is 19.1. The van der Waals surface area contributed by atoms with Crippen molar-refractivity contribution in [2.24, 2.45) is 0 Å². The van der Waals surface area contributed by atoms with Crippen molar-refractivity contribution in [1.29, 1.82) is 0 Å². The third kappa shape index (κ3) is 5.42. The number of thiophene rings is 1. The first-order chi connectivity index (χ1) is 13.0. The van der Waals surface area contributed by atoms with Crippen LogP contribution in [0.25, 0.3) is 0 Å². The fourth-order valence-electron chi connectivity index (χ4n) is 2.21. The van der Waals surface area contributed by atoms with Crippen LogP contribution in [0.15, 0.2) is 60.0 Å². The maximum absolute atomic E-state index is 12.3. The number of carbonyl (C=O) groups excluding carboxylic acids is 1. The fourth-order valence-corrected chi connectivity index (χ4v) is 3.19. The summed E-state index contributed by atoms with van der Waals surface area (Å²) in [5, 5.41) is 5.04. The zero-order valence-corrected chi connectivity index (χ0v) is 15.4. The SMILES string of the molecule is O=C(Nc1ccc(OC(F)F)cc1)c1cc(COc2ccccc2Cl)cs1. The first-order valence-corrected chi connectivity index (χ1v) is 9.08. The minimum Gasteiger partial charge on any atom is -0.487 e. The van der Waals surface area contributed by atoms with Gasteiger partial charge < -0.3 is 14.8 Å². The number of nitrogens with one attached hydrogen (secondary N) is 1. The number of hydrogen-bond acceptors (Lipinski definition) is 4.